The van der Waals surface area contributed by atoms with Gasteiger partial charge in [0.05, 0.1) is 5.92 Å². The van der Waals surface area contributed by atoms with E-state index in [4.69, 9.17) is 5.73 Å². The summed E-state index contributed by atoms with van der Waals surface area (Å²) in [6.45, 7) is 1.77. The van der Waals surface area contributed by atoms with Crippen LogP contribution in [0.3, 0.4) is 0 Å². The van der Waals surface area contributed by atoms with E-state index in [0.717, 1.165) is 25.0 Å². The number of hydrogen-bond donors (Lipinski definition) is 1. The second-order valence-corrected chi connectivity index (χ2v) is 4.41. The van der Waals surface area contributed by atoms with Gasteiger partial charge >= 0.3 is 6.18 Å². The molecule has 2 N–H and O–H groups in total. The van der Waals surface area contributed by atoms with Crippen molar-refractivity contribution >= 4 is 11.8 Å². The van der Waals surface area contributed by atoms with Crippen LogP contribution in [0.2, 0.25) is 0 Å². The molecule has 0 amide bonds. The zero-order chi connectivity index (χ0) is 11.0. The lowest BCUT2D eigenvalue weighted by molar-refractivity contribution is -0.165. The predicted octanol–water partition coefficient (Wildman–Crippen LogP) is 3.05. The van der Waals surface area contributed by atoms with Crippen molar-refractivity contribution in [1.82, 2.24) is 0 Å². The van der Waals surface area contributed by atoms with E-state index in [1.807, 2.05) is 0 Å². The molecule has 0 aromatic carbocycles. The molecule has 1 nitrogen and oxygen atoms in total. The van der Waals surface area contributed by atoms with Crippen molar-refractivity contribution in [1.29, 1.82) is 0 Å². The fourth-order valence-corrected chi connectivity index (χ4v) is 2.16. The summed E-state index contributed by atoms with van der Waals surface area (Å²) in [5, 5.41) is 0. The fraction of sp³-hybridized carbons (Fsp3) is 1.00. The molecular weight excluding hydrogens is 211 g/mol. The van der Waals surface area contributed by atoms with E-state index in [1.165, 1.54) is 11.8 Å². The Labute approximate surface area is 87.6 Å². The SMILES string of the molecule is CCCCCSCC(CN)C(F)(F)F. The minimum Gasteiger partial charge on any atom is -0.330 e. The van der Waals surface area contributed by atoms with Gasteiger partial charge < -0.3 is 5.73 Å². The Hall–Kier alpha value is 0.100. The molecule has 0 bridgehead atoms. The number of nitrogens with two attached hydrogens (primary N) is 1. The lowest BCUT2D eigenvalue weighted by Crippen LogP contribution is -2.32. The first-order chi connectivity index (χ1) is 6.52. The second kappa shape index (κ2) is 7.40. The number of unbranched alkanes of at least 4 members (excludes halogenated alkanes) is 2. The topological polar surface area (TPSA) is 26.0 Å². The molecule has 0 saturated heterocycles. The van der Waals surface area contributed by atoms with Crippen LogP contribution in [-0.2, 0) is 0 Å². The van der Waals surface area contributed by atoms with Gasteiger partial charge in [0.15, 0.2) is 0 Å². The van der Waals surface area contributed by atoms with Gasteiger partial charge in [-0.05, 0) is 12.2 Å². The highest BCUT2D eigenvalue weighted by Crippen LogP contribution is 2.28. The average molecular weight is 229 g/mol. The molecule has 0 aliphatic rings. The van der Waals surface area contributed by atoms with Crippen molar-refractivity contribution in [2.45, 2.75) is 32.4 Å². The molecular formula is C9H18F3NS. The van der Waals surface area contributed by atoms with E-state index in [2.05, 4.69) is 6.92 Å². The van der Waals surface area contributed by atoms with Crippen LogP contribution in [0, 0.1) is 5.92 Å². The van der Waals surface area contributed by atoms with Gasteiger partial charge in [-0.15, -0.1) is 0 Å². The molecule has 0 aliphatic heterocycles. The van der Waals surface area contributed by atoms with Gasteiger partial charge in [0.25, 0.3) is 0 Å². The molecule has 86 valence electrons. The first-order valence-electron chi connectivity index (χ1n) is 4.86. The third-order valence-corrected chi connectivity index (χ3v) is 3.17. The van der Waals surface area contributed by atoms with Crippen LogP contribution >= 0.6 is 11.8 Å². The summed E-state index contributed by atoms with van der Waals surface area (Å²) in [4.78, 5) is 0. The summed E-state index contributed by atoms with van der Waals surface area (Å²) in [6.07, 6.45) is -0.949. The Morgan fingerprint density at radius 2 is 1.93 bits per heavy atom. The van der Waals surface area contributed by atoms with Crippen molar-refractivity contribution < 1.29 is 13.2 Å². The first kappa shape index (κ1) is 14.1. The molecule has 1 unspecified atom stereocenters. The summed E-state index contributed by atoms with van der Waals surface area (Å²) >= 11 is 1.35. The van der Waals surface area contributed by atoms with Gasteiger partial charge in [-0.25, -0.2) is 0 Å². The molecule has 0 saturated carbocycles. The lowest BCUT2D eigenvalue weighted by Gasteiger charge is -2.17. The summed E-state index contributed by atoms with van der Waals surface area (Å²) in [6, 6.07) is 0. The predicted molar refractivity (Wildman–Crippen MR) is 55.4 cm³/mol. The molecule has 0 spiro atoms. The van der Waals surface area contributed by atoms with Crippen molar-refractivity contribution in [3.8, 4) is 0 Å². The standard InChI is InChI=1S/C9H18F3NS/c1-2-3-4-5-14-7-8(6-13)9(10,11)12/h8H,2-7,13H2,1H3. The average Bonchev–Trinajstić information content (AvgIpc) is 2.09. The highest BCUT2D eigenvalue weighted by atomic mass is 32.2. The highest BCUT2D eigenvalue weighted by molar-refractivity contribution is 7.99. The quantitative estimate of drug-likeness (QED) is 0.679. The van der Waals surface area contributed by atoms with Gasteiger partial charge in [0.2, 0.25) is 0 Å². The van der Waals surface area contributed by atoms with Crippen molar-refractivity contribution in [3.63, 3.8) is 0 Å². The van der Waals surface area contributed by atoms with Crippen molar-refractivity contribution in [2.75, 3.05) is 18.1 Å². The zero-order valence-electron chi connectivity index (χ0n) is 8.44. The van der Waals surface area contributed by atoms with Gasteiger partial charge in [0, 0.05) is 12.3 Å². The molecule has 0 radical (unpaired) electrons. The van der Waals surface area contributed by atoms with E-state index in [9.17, 15) is 13.2 Å². The van der Waals surface area contributed by atoms with Gasteiger partial charge in [-0.2, -0.15) is 24.9 Å². The van der Waals surface area contributed by atoms with Crippen LogP contribution in [0.1, 0.15) is 26.2 Å². The van der Waals surface area contributed by atoms with Crippen LogP contribution < -0.4 is 5.73 Å². The normalized spacial score (nSPS) is 14.4. The van der Waals surface area contributed by atoms with E-state index in [1.54, 1.807) is 0 Å². The lowest BCUT2D eigenvalue weighted by atomic mass is 10.2. The molecule has 0 aromatic heterocycles. The summed E-state index contributed by atoms with van der Waals surface area (Å²) in [5.74, 6) is -0.432. The van der Waals surface area contributed by atoms with Gasteiger partial charge in [0.1, 0.15) is 0 Å². The maximum absolute atomic E-state index is 12.2. The van der Waals surface area contributed by atoms with Crippen LogP contribution in [-0.4, -0.2) is 24.2 Å². The molecule has 1 atom stereocenters. The number of halogens is 3. The highest BCUT2D eigenvalue weighted by Gasteiger charge is 2.37. The number of rotatable bonds is 7. The molecule has 14 heavy (non-hydrogen) atoms. The van der Waals surface area contributed by atoms with Crippen LogP contribution in [0.4, 0.5) is 13.2 Å². The zero-order valence-corrected chi connectivity index (χ0v) is 9.26. The monoisotopic (exact) mass is 229 g/mol. The first-order valence-corrected chi connectivity index (χ1v) is 6.02. The van der Waals surface area contributed by atoms with Gasteiger partial charge in [-0.1, -0.05) is 19.8 Å². The minimum atomic E-state index is -4.13. The van der Waals surface area contributed by atoms with E-state index < -0.39 is 12.1 Å². The third kappa shape index (κ3) is 6.54. The van der Waals surface area contributed by atoms with Crippen molar-refractivity contribution in [3.05, 3.63) is 0 Å². The Kier molecular flexibility index (Phi) is 7.45. The molecule has 0 fully saturated rings. The van der Waals surface area contributed by atoms with E-state index in [0.29, 0.717) is 0 Å². The Morgan fingerprint density at radius 3 is 2.36 bits per heavy atom. The van der Waals surface area contributed by atoms with E-state index in [-0.39, 0.29) is 12.3 Å². The Balaban J connectivity index is 3.54. The largest absolute Gasteiger partial charge is 0.393 e. The van der Waals surface area contributed by atoms with Crippen LogP contribution in [0.25, 0.3) is 0 Å². The maximum atomic E-state index is 12.2. The minimum absolute atomic E-state index is 0.101. The number of hydrogen-bond acceptors (Lipinski definition) is 2. The summed E-state index contributed by atoms with van der Waals surface area (Å²) in [5.41, 5.74) is 5.07. The Bertz CT molecular complexity index is 139. The molecule has 0 aliphatic carbocycles. The molecule has 0 aromatic rings. The fourth-order valence-electron chi connectivity index (χ4n) is 0.976. The molecule has 0 heterocycles. The second-order valence-electron chi connectivity index (χ2n) is 3.26. The molecule has 0 rings (SSSR count). The Morgan fingerprint density at radius 1 is 1.29 bits per heavy atom. The van der Waals surface area contributed by atoms with Gasteiger partial charge in [-0.3, -0.25) is 0 Å². The maximum Gasteiger partial charge on any atom is 0.393 e. The molecule has 5 heteroatoms. The van der Waals surface area contributed by atoms with Crippen LogP contribution in [0.15, 0.2) is 0 Å². The smallest absolute Gasteiger partial charge is 0.330 e. The summed E-state index contributed by atoms with van der Waals surface area (Å²) < 4.78 is 36.6. The third-order valence-electron chi connectivity index (χ3n) is 1.96. The number of alkyl halides is 3. The van der Waals surface area contributed by atoms with Crippen LogP contribution in [0.5, 0.6) is 0 Å². The number of thioether (sulfide) groups is 1. The van der Waals surface area contributed by atoms with Crippen molar-refractivity contribution in [2.24, 2.45) is 11.7 Å². The van der Waals surface area contributed by atoms with E-state index >= 15 is 0 Å². The summed E-state index contributed by atoms with van der Waals surface area (Å²) in [7, 11) is 0.